The van der Waals surface area contributed by atoms with Crippen molar-refractivity contribution in [2.75, 3.05) is 25.6 Å². The van der Waals surface area contributed by atoms with Crippen molar-refractivity contribution in [3.8, 4) is 0 Å². The third kappa shape index (κ3) is 3.82. The van der Waals surface area contributed by atoms with Gasteiger partial charge in [0.25, 0.3) is 5.56 Å². The number of halogens is 2. The summed E-state index contributed by atoms with van der Waals surface area (Å²) in [6.45, 7) is 1.10. The second kappa shape index (κ2) is 8.92. The third-order valence-electron chi connectivity index (χ3n) is 5.99. The summed E-state index contributed by atoms with van der Waals surface area (Å²) >= 11 is 0. The Morgan fingerprint density at radius 2 is 1.97 bits per heavy atom. The van der Waals surface area contributed by atoms with Gasteiger partial charge in [-0.3, -0.25) is 14.8 Å². The van der Waals surface area contributed by atoms with E-state index in [2.05, 4.69) is 20.7 Å². The van der Waals surface area contributed by atoms with Gasteiger partial charge in [-0.15, -0.1) is 0 Å². The lowest BCUT2D eigenvalue weighted by atomic mass is 9.83. The quantitative estimate of drug-likeness (QED) is 0.403. The molecule has 9 nitrogen and oxygen atoms in total. The summed E-state index contributed by atoms with van der Waals surface area (Å²) in [7, 11) is 3.36. The molecule has 5 rings (SSSR count). The first kappa shape index (κ1) is 22.1. The van der Waals surface area contributed by atoms with Crippen molar-refractivity contribution in [3.63, 3.8) is 0 Å². The number of anilines is 1. The fourth-order valence-corrected chi connectivity index (χ4v) is 4.43. The summed E-state index contributed by atoms with van der Waals surface area (Å²) < 4.78 is 36.2. The molecular formula is C23H23F2N7O2. The van der Waals surface area contributed by atoms with E-state index in [9.17, 15) is 13.6 Å². The number of nitrogens with zero attached hydrogens (tertiary/aromatic N) is 5. The average molecular weight is 467 g/mol. The summed E-state index contributed by atoms with van der Waals surface area (Å²) in [5.74, 6) is -0.789. The fourth-order valence-electron chi connectivity index (χ4n) is 4.43. The van der Waals surface area contributed by atoms with Crippen molar-refractivity contribution in [2.24, 2.45) is 7.05 Å². The van der Waals surface area contributed by atoms with E-state index in [1.807, 2.05) is 0 Å². The molecular weight excluding hydrogens is 444 g/mol. The Balaban J connectivity index is 1.73. The van der Waals surface area contributed by atoms with E-state index in [1.54, 1.807) is 31.0 Å². The smallest absolute Gasteiger partial charge is 0.276 e. The molecule has 0 bridgehead atoms. The van der Waals surface area contributed by atoms with Crippen LogP contribution in [-0.4, -0.2) is 44.8 Å². The molecule has 2 N–H and O–H groups in total. The Labute approximate surface area is 193 Å². The van der Waals surface area contributed by atoms with Crippen LogP contribution < -0.4 is 16.2 Å². The number of ether oxygens (including phenoxy) is 1. The molecule has 0 spiro atoms. The minimum absolute atomic E-state index is 0.122. The van der Waals surface area contributed by atoms with Crippen LogP contribution in [0.3, 0.4) is 0 Å². The van der Waals surface area contributed by atoms with Crippen molar-refractivity contribution < 1.29 is 13.5 Å². The average Bonchev–Trinajstić information content (AvgIpc) is 3.24. The number of hydrogen-bond donors (Lipinski definition) is 2. The Hall–Kier alpha value is -3.70. The van der Waals surface area contributed by atoms with E-state index in [0.29, 0.717) is 35.7 Å². The third-order valence-corrected chi connectivity index (χ3v) is 5.99. The maximum absolute atomic E-state index is 14.6. The Bertz CT molecular complexity index is 1400. The van der Waals surface area contributed by atoms with Crippen LogP contribution in [0.1, 0.15) is 29.0 Å². The van der Waals surface area contributed by atoms with E-state index >= 15 is 0 Å². The SMILES string of the molecule is COCCNCn1nc2c3c(cc(F)cc3c1=O)N[C@H](c1ccc(F)cc1)[C@H]2c1ncnn1C. The Kier molecular flexibility index (Phi) is 5.80. The topological polar surface area (TPSA) is 98.9 Å². The first-order valence-corrected chi connectivity index (χ1v) is 10.8. The molecule has 0 radical (unpaired) electrons. The van der Waals surface area contributed by atoms with Gasteiger partial charge in [-0.25, -0.2) is 18.4 Å². The molecule has 0 saturated heterocycles. The highest BCUT2D eigenvalue weighted by Gasteiger charge is 2.38. The summed E-state index contributed by atoms with van der Waals surface area (Å²) in [5.41, 5.74) is 1.35. The van der Waals surface area contributed by atoms with Gasteiger partial charge in [0.05, 0.1) is 36.3 Å². The van der Waals surface area contributed by atoms with Crippen molar-refractivity contribution in [2.45, 2.75) is 18.6 Å². The normalized spacial score (nSPS) is 17.2. The summed E-state index contributed by atoms with van der Waals surface area (Å²) in [6.07, 6.45) is 1.44. The minimum atomic E-state index is -0.543. The lowest BCUT2D eigenvalue weighted by molar-refractivity contribution is 0.196. The molecule has 2 aromatic heterocycles. The van der Waals surface area contributed by atoms with Gasteiger partial charge in [-0.2, -0.15) is 10.2 Å². The van der Waals surface area contributed by atoms with Gasteiger partial charge in [0.15, 0.2) is 0 Å². The second-order valence-corrected chi connectivity index (χ2v) is 8.11. The van der Waals surface area contributed by atoms with Crippen LogP contribution in [0.25, 0.3) is 10.8 Å². The lowest BCUT2D eigenvalue weighted by Crippen LogP contribution is -2.36. The number of rotatable bonds is 7. The van der Waals surface area contributed by atoms with Gasteiger partial charge < -0.3 is 10.1 Å². The lowest BCUT2D eigenvalue weighted by Gasteiger charge is -2.34. The molecule has 4 aromatic rings. The van der Waals surface area contributed by atoms with E-state index in [0.717, 1.165) is 5.56 Å². The molecule has 1 aliphatic heterocycles. The predicted octanol–water partition coefficient (Wildman–Crippen LogP) is 2.30. The highest BCUT2D eigenvalue weighted by atomic mass is 19.1. The molecule has 0 fully saturated rings. The van der Waals surface area contributed by atoms with Gasteiger partial charge >= 0.3 is 0 Å². The summed E-state index contributed by atoms with van der Waals surface area (Å²) in [4.78, 5) is 17.7. The van der Waals surface area contributed by atoms with E-state index in [-0.39, 0.29) is 17.9 Å². The number of aromatic nitrogens is 5. The van der Waals surface area contributed by atoms with Crippen LogP contribution in [0.2, 0.25) is 0 Å². The summed E-state index contributed by atoms with van der Waals surface area (Å²) in [5, 5.41) is 16.1. The van der Waals surface area contributed by atoms with Gasteiger partial charge in [0, 0.05) is 31.8 Å². The molecule has 0 amide bonds. The summed E-state index contributed by atoms with van der Waals surface area (Å²) in [6, 6.07) is 8.19. The number of nitrogens with one attached hydrogen (secondary N) is 2. The molecule has 2 atom stereocenters. The van der Waals surface area contributed by atoms with Gasteiger partial charge in [-0.1, -0.05) is 12.1 Å². The largest absolute Gasteiger partial charge is 0.383 e. The molecule has 176 valence electrons. The minimum Gasteiger partial charge on any atom is -0.383 e. The van der Waals surface area contributed by atoms with E-state index in [1.165, 1.54) is 35.3 Å². The predicted molar refractivity (Wildman–Crippen MR) is 121 cm³/mol. The van der Waals surface area contributed by atoms with Crippen LogP contribution in [-0.2, 0) is 18.5 Å². The van der Waals surface area contributed by atoms with Crippen LogP contribution in [0, 0.1) is 11.6 Å². The maximum Gasteiger partial charge on any atom is 0.276 e. The first-order chi connectivity index (χ1) is 16.5. The fraction of sp³-hybridized carbons (Fsp3) is 0.304. The molecule has 1 aliphatic rings. The van der Waals surface area contributed by atoms with Gasteiger partial charge in [0.1, 0.15) is 23.8 Å². The standard InChI is InChI=1S/C23H23F2N7O2/c1-31-22(27-11-28-31)19-20(13-3-5-14(24)6-4-13)29-17-10-15(25)9-16-18(17)21(19)30-32(23(16)33)12-26-7-8-34-2/h3-6,9-11,19-20,26,29H,7-8,12H2,1-2H3/t19-,20-/m1/s1. The van der Waals surface area contributed by atoms with Crippen molar-refractivity contribution >= 4 is 16.5 Å². The number of benzene rings is 2. The van der Waals surface area contributed by atoms with Crippen LogP contribution in [0.4, 0.5) is 14.5 Å². The van der Waals surface area contributed by atoms with Gasteiger partial charge in [-0.05, 0) is 29.8 Å². The molecule has 0 aliphatic carbocycles. The Morgan fingerprint density at radius 3 is 2.68 bits per heavy atom. The van der Waals surface area contributed by atoms with Crippen molar-refractivity contribution in [1.29, 1.82) is 0 Å². The van der Waals surface area contributed by atoms with Crippen molar-refractivity contribution in [3.05, 3.63) is 81.8 Å². The van der Waals surface area contributed by atoms with E-state index in [4.69, 9.17) is 9.84 Å². The molecule has 2 aromatic carbocycles. The van der Waals surface area contributed by atoms with Crippen LogP contribution >= 0.6 is 0 Å². The molecule has 34 heavy (non-hydrogen) atoms. The van der Waals surface area contributed by atoms with Crippen LogP contribution in [0.5, 0.6) is 0 Å². The molecule has 3 heterocycles. The molecule has 0 unspecified atom stereocenters. The first-order valence-electron chi connectivity index (χ1n) is 10.8. The molecule has 0 saturated carbocycles. The van der Waals surface area contributed by atoms with Crippen molar-refractivity contribution in [1.82, 2.24) is 29.9 Å². The zero-order valence-corrected chi connectivity index (χ0v) is 18.6. The number of hydrogen-bond acceptors (Lipinski definition) is 7. The number of methoxy groups -OCH3 is 1. The molecule has 11 heteroatoms. The second-order valence-electron chi connectivity index (χ2n) is 8.11. The zero-order chi connectivity index (χ0) is 23.8. The Morgan fingerprint density at radius 1 is 1.18 bits per heavy atom. The number of aryl methyl sites for hydroxylation is 1. The maximum atomic E-state index is 14.6. The zero-order valence-electron chi connectivity index (χ0n) is 18.6. The van der Waals surface area contributed by atoms with Crippen LogP contribution in [0.15, 0.2) is 47.5 Å². The van der Waals surface area contributed by atoms with E-state index < -0.39 is 23.3 Å². The highest BCUT2D eigenvalue weighted by molar-refractivity contribution is 5.97. The van der Waals surface area contributed by atoms with Gasteiger partial charge in [0.2, 0.25) is 0 Å². The highest BCUT2D eigenvalue weighted by Crippen LogP contribution is 2.46. The monoisotopic (exact) mass is 467 g/mol.